The van der Waals surface area contributed by atoms with Gasteiger partial charge >= 0.3 is 0 Å². The van der Waals surface area contributed by atoms with Crippen LogP contribution < -0.4 is 20.3 Å². The van der Waals surface area contributed by atoms with Gasteiger partial charge in [0.1, 0.15) is 17.1 Å². The van der Waals surface area contributed by atoms with Gasteiger partial charge in [-0.05, 0) is 52.0 Å². The van der Waals surface area contributed by atoms with Crippen molar-refractivity contribution in [1.82, 2.24) is 0 Å². The predicted molar refractivity (Wildman–Crippen MR) is 91.7 cm³/mol. The fraction of sp³-hybridized carbons (Fsp3) is 0.294. The van der Waals surface area contributed by atoms with Crippen molar-refractivity contribution >= 4 is 19.0 Å². The molecule has 1 unspecified atom stereocenters. The number of benzene rings is 2. The average molecular weight is 319 g/mol. The zero-order valence-electron chi connectivity index (χ0n) is 13.3. The van der Waals surface area contributed by atoms with Gasteiger partial charge in [-0.25, -0.2) is 0 Å². The molecule has 2 aromatic carbocycles. The molecule has 0 radical (unpaired) electrons. The van der Waals surface area contributed by atoms with Crippen LogP contribution in [0.1, 0.15) is 26.3 Å². The van der Waals surface area contributed by atoms with Crippen molar-refractivity contribution in [2.24, 2.45) is 0 Å². The van der Waals surface area contributed by atoms with Crippen LogP contribution in [0.4, 0.5) is 5.69 Å². The molecule has 118 valence electrons. The van der Waals surface area contributed by atoms with Crippen molar-refractivity contribution in [3.63, 3.8) is 0 Å². The van der Waals surface area contributed by atoms with Gasteiger partial charge < -0.3 is 15.0 Å². The van der Waals surface area contributed by atoms with Gasteiger partial charge in [-0.1, -0.05) is 18.2 Å². The minimum Gasteiger partial charge on any atom is -0.488 e. The molecular formula is C17H22NO3P. The van der Waals surface area contributed by atoms with Crippen molar-refractivity contribution in [3.05, 3.63) is 48.0 Å². The SMILES string of the molecule is Cc1c(OC(C)(C)C)ccc(N)c1[PH](=O)Oc1ccccc1. The number of hydrogen-bond donors (Lipinski definition) is 1. The van der Waals surface area contributed by atoms with Crippen LogP contribution in [0, 0.1) is 6.92 Å². The first-order valence-electron chi connectivity index (χ1n) is 7.13. The van der Waals surface area contributed by atoms with E-state index in [2.05, 4.69) is 0 Å². The maximum absolute atomic E-state index is 12.6. The number of hydrogen-bond acceptors (Lipinski definition) is 4. The normalized spacial score (nSPS) is 12.7. The lowest BCUT2D eigenvalue weighted by atomic mass is 10.1. The highest BCUT2D eigenvalue weighted by Crippen LogP contribution is 2.33. The molecule has 0 spiro atoms. The Balaban J connectivity index is 2.33. The smallest absolute Gasteiger partial charge is 0.268 e. The molecule has 2 N–H and O–H groups in total. The summed E-state index contributed by atoms with van der Waals surface area (Å²) < 4.78 is 24.1. The van der Waals surface area contributed by atoms with Crippen LogP contribution in [0.3, 0.4) is 0 Å². The van der Waals surface area contributed by atoms with E-state index >= 15 is 0 Å². The molecular weight excluding hydrogens is 297 g/mol. The molecule has 0 heterocycles. The van der Waals surface area contributed by atoms with Crippen LogP contribution in [0.25, 0.3) is 0 Å². The Hall–Kier alpha value is -1.93. The Morgan fingerprint density at radius 2 is 1.68 bits per heavy atom. The average Bonchev–Trinajstić information content (AvgIpc) is 2.42. The van der Waals surface area contributed by atoms with Crippen molar-refractivity contribution in [2.75, 3.05) is 5.73 Å². The van der Waals surface area contributed by atoms with Gasteiger partial charge in [0, 0.05) is 11.3 Å². The second-order valence-corrected chi connectivity index (χ2v) is 7.35. The minimum atomic E-state index is -2.51. The number of rotatable bonds is 4. The predicted octanol–water partition coefficient (Wildman–Crippen LogP) is 3.93. The molecule has 5 heteroatoms. The summed E-state index contributed by atoms with van der Waals surface area (Å²) in [5.41, 5.74) is 6.88. The van der Waals surface area contributed by atoms with Gasteiger partial charge in [0.15, 0.2) is 0 Å². The first-order valence-corrected chi connectivity index (χ1v) is 8.45. The molecule has 22 heavy (non-hydrogen) atoms. The molecule has 0 amide bonds. The number of para-hydroxylation sites is 1. The molecule has 2 rings (SSSR count). The molecule has 0 fully saturated rings. The quantitative estimate of drug-likeness (QED) is 0.685. The van der Waals surface area contributed by atoms with E-state index in [-0.39, 0.29) is 5.60 Å². The lowest BCUT2D eigenvalue weighted by molar-refractivity contribution is 0.130. The second kappa shape index (κ2) is 6.45. The number of ether oxygens (including phenoxy) is 1. The molecule has 0 saturated heterocycles. The molecule has 0 aromatic heterocycles. The Morgan fingerprint density at radius 1 is 1.05 bits per heavy atom. The largest absolute Gasteiger partial charge is 0.488 e. The summed E-state index contributed by atoms with van der Waals surface area (Å²) >= 11 is 0. The summed E-state index contributed by atoms with van der Waals surface area (Å²) in [7, 11) is -2.51. The van der Waals surface area contributed by atoms with Gasteiger partial charge in [-0.15, -0.1) is 0 Å². The summed E-state index contributed by atoms with van der Waals surface area (Å²) in [5.74, 6) is 1.24. The van der Waals surface area contributed by atoms with Crippen LogP contribution in [0.5, 0.6) is 11.5 Å². The summed E-state index contributed by atoms with van der Waals surface area (Å²) in [5, 5.41) is 0.524. The van der Waals surface area contributed by atoms with Crippen LogP contribution in [0.2, 0.25) is 0 Å². The van der Waals surface area contributed by atoms with Crippen molar-refractivity contribution in [1.29, 1.82) is 0 Å². The molecule has 0 aliphatic rings. The molecule has 0 bridgehead atoms. The second-order valence-electron chi connectivity index (χ2n) is 6.07. The monoisotopic (exact) mass is 319 g/mol. The highest BCUT2D eigenvalue weighted by molar-refractivity contribution is 7.49. The van der Waals surface area contributed by atoms with E-state index in [9.17, 15) is 4.57 Å². The Kier molecular flexibility index (Phi) is 4.82. The molecule has 1 atom stereocenters. The minimum absolute atomic E-state index is 0.339. The lowest BCUT2D eigenvalue weighted by Crippen LogP contribution is -2.25. The van der Waals surface area contributed by atoms with E-state index in [4.69, 9.17) is 15.0 Å². The summed E-state index contributed by atoms with van der Waals surface area (Å²) in [6, 6.07) is 12.6. The van der Waals surface area contributed by atoms with Gasteiger partial charge in [-0.3, -0.25) is 4.57 Å². The molecule has 2 aromatic rings. The third kappa shape index (κ3) is 4.05. The Bertz CT molecular complexity index is 678. The van der Waals surface area contributed by atoms with E-state index in [1.807, 2.05) is 45.9 Å². The van der Waals surface area contributed by atoms with Crippen molar-refractivity contribution < 1.29 is 13.8 Å². The highest BCUT2D eigenvalue weighted by atomic mass is 31.1. The summed E-state index contributed by atoms with van der Waals surface area (Å²) in [6.07, 6.45) is 0. The van der Waals surface area contributed by atoms with E-state index in [1.54, 1.807) is 24.3 Å². The summed E-state index contributed by atoms with van der Waals surface area (Å²) in [6.45, 7) is 7.74. The standard InChI is InChI=1S/C17H22NO3P/c1-12-15(20-17(2,3)4)11-10-14(18)16(12)22(19)21-13-8-6-5-7-9-13/h5-11,22H,18H2,1-4H3. The van der Waals surface area contributed by atoms with Gasteiger partial charge in [-0.2, -0.15) is 0 Å². The molecule has 0 aliphatic heterocycles. The van der Waals surface area contributed by atoms with E-state index < -0.39 is 8.03 Å². The van der Waals surface area contributed by atoms with E-state index in [1.165, 1.54) is 0 Å². The Labute approximate surface area is 132 Å². The van der Waals surface area contributed by atoms with Gasteiger partial charge in [0.05, 0.1) is 5.30 Å². The number of nitrogen functional groups attached to an aromatic ring is 1. The van der Waals surface area contributed by atoms with E-state index in [0.29, 0.717) is 22.5 Å². The number of anilines is 1. The topological polar surface area (TPSA) is 61.5 Å². The maximum Gasteiger partial charge on any atom is 0.268 e. The zero-order valence-corrected chi connectivity index (χ0v) is 14.3. The fourth-order valence-corrected chi connectivity index (χ4v) is 3.27. The number of nitrogens with two attached hydrogens (primary N) is 1. The fourth-order valence-electron chi connectivity index (χ4n) is 2.07. The first kappa shape index (κ1) is 16.4. The summed E-state index contributed by atoms with van der Waals surface area (Å²) in [4.78, 5) is 0. The van der Waals surface area contributed by atoms with Crippen molar-refractivity contribution in [3.8, 4) is 11.5 Å². The van der Waals surface area contributed by atoms with Gasteiger partial charge in [0.25, 0.3) is 8.03 Å². The van der Waals surface area contributed by atoms with Crippen LogP contribution >= 0.6 is 8.03 Å². The highest BCUT2D eigenvalue weighted by Gasteiger charge is 2.20. The van der Waals surface area contributed by atoms with E-state index in [0.717, 1.165) is 5.56 Å². The van der Waals surface area contributed by atoms with Crippen molar-refractivity contribution in [2.45, 2.75) is 33.3 Å². The Morgan fingerprint density at radius 3 is 2.27 bits per heavy atom. The van der Waals surface area contributed by atoms with Crippen LogP contribution in [0.15, 0.2) is 42.5 Å². The molecule has 0 saturated carbocycles. The maximum atomic E-state index is 12.6. The van der Waals surface area contributed by atoms with Gasteiger partial charge in [0.2, 0.25) is 0 Å². The molecule has 4 nitrogen and oxygen atoms in total. The first-order chi connectivity index (χ1) is 10.3. The third-order valence-electron chi connectivity index (χ3n) is 3.02. The van der Waals surface area contributed by atoms with Crippen LogP contribution in [-0.4, -0.2) is 5.60 Å². The zero-order chi connectivity index (χ0) is 16.3. The molecule has 0 aliphatic carbocycles. The lowest BCUT2D eigenvalue weighted by Gasteiger charge is -2.24. The third-order valence-corrected chi connectivity index (χ3v) is 4.51. The van der Waals surface area contributed by atoms with Crippen LogP contribution in [-0.2, 0) is 4.57 Å².